The van der Waals surface area contributed by atoms with Crippen LogP contribution in [0.25, 0.3) is 0 Å². The Morgan fingerprint density at radius 1 is 1.23 bits per heavy atom. The second kappa shape index (κ2) is 7.13. The summed E-state index contributed by atoms with van der Waals surface area (Å²) in [6.07, 6.45) is 1.20. The number of hydrogen-bond acceptors (Lipinski definition) is 7. The number of nitrogens with one attached hydrogen (secondary N) is 2. The largest absolute Gasteiger partial charge is 0.469 e. The molecular formula is C18H23N3O5. The van der Waals surface area contributed by atoms with Gasteiger partial charge < -0.3 is 19.1 Å². The van der Waals surface area contributed by atoms with E-state index in [4.69, 9.17) is 9.47 Å². The van der Waals surface area contributed by atoms with E-state index >= 15 is 0 Å². The first-order valence-corrected chi connectivity index (χ1v) is 8.91. The van der Waals surface area contributed by atoms with Crippen LogP contribution in [0.1, 0.15) is 30.9 Å². The van der Waals surface area contributed by atoms with Gasteiger partial charge in [-0.3, -0.25) is 15.0 Å². The number of carbonyl (C=O) groups is 2. The van der Waals surface area contributed by atoms with Crippen LogP contribution in [-0.2, 0) is 14.3 Å². The standard InChI is InChI=1S/C18H23N3O5/c1-24-17(23)5-4-16(22)21-7-6-13-12(9-21)18(20-19-13)11-2-3-14-15(8-11)26-10-25-14/h2-3,8,12-13,18-20H,4-7,9-10H2,1H3. The van der Waals surface area contributed by atoms with Crippen LogP contribution in [0.3, 0.4) is 0 Å². The first-order chi connectivity index (χ1) is 12.7. The van der Waals surface area contributed by atoms with E-state index in [2.05, 4.69) is 15.6 Å². The minimum atomic E-state index is -0.351. The summed E-state index contributed by atoms with van der Waals surface area (Å²) in [7, 11) is 1.34. The van der Waals surface area contributed by atoms with Crippen LogP contribution in [0, 0.1) is 5.92 Å². The zero-order valence-electron chi connectivity index (χ0n) is 14.7. The van der Waals surface area contributed by atoms with Crippen molar-refractivity contribution in [2.45, 2.75) is 31.3 Å². The van der Waals surface area contributed by atoms with Crippen molar-refractivity contribution in [3.8, 4) is 11.5 Å². The number of rotatable bonds is 4. The second-order valence-electron chi connectivity index (χ2n) is 6.85. The van der Waals surface area contributed by atoms with E-state index in [0.29, 0.717) is 19.1 Å². The van der Waals surface area contributed by atoms with Gasteiger partial charge in [0, 0.05) is 31.5 Å². The number of hydrazine groups is 1. The molecule has 1 aromatic carbocycles. The quantitative estimate of drug-likeness (QED) is 0.765. The number of fused-ring (bicyclic) bond motifs is 2. The van der Waals surface area contributed by atoms with Crippen molar-refractivity contribution in [2.75, 3.05) is 27.0 Å². The molecule has 8 nitrogen and oxygen atoms in total. The molecule has 0 aromatic heterocycles. The highest BCUT2D eigenvalue weighted by Gasteiger charge is 2.41. The summed E-state index contributed by atoms with van der Waals surface area (Å²) in [6, 6.07) is 6.37. The Hall–Kier alpha value is -2.32. The van der Waals surface area contributed by atoms with E-state index in [1.807, 2.05) is 23.1 Å². The van der Waals surface area contributed by atoms with Crippen molar-refractivity contribution in [1.29, 1.82) is 0 Å². The van der Waals surface area contributed by atoms with Crippen molar-refractivity contribution >= 4 is 11.9 Å². The summed E-state index contributed by atoms with van der Waals surface area (Å²) in [6.45, 7) is 1.61. The second-order valence-corrected chi connectivity index (χ2v) is 6.85. The van der Waals surface area contributed by atoms with Gasteiger partial charge in [0.2, 0.25) is 12.7 Å². The summed E-state index contributed by atoms with van der Waals surface area (Å²) in [5.74, 6) is 1.43. The zero-order chi connectivity index (χ0) is 18.1. The number of piperidine rings is 1. The van der Waals surface area contributed by atoms with Crippen molar-refractivity contribution in [3.05, 3.63) is 23.8 Å². The van der Waals surface area contributed by atoms with Crippen LogP contribution in [0.2, 0.25) is 0 Å². The van der Waals surface area contributed by atoms with Gasteiger partial charge in [-0.25, -0.2) is 5.43 Å². The van der Waals surface area contributed by atoms with Gasteiger partial charge >= 0.3 is 5.97 Å². The van der Waals surface area contributed by atoms with E-state index < -0.39 is 0 Å². The molecule has 3 aliphatic heterocycles. The SMILES string of the molecule is COC(=O)CCC(=O)N1CCC2NNC(c3ccc4c(c3)OCO4)C2C1. The molecule has 0 spiro atoms. The summed E-state index contributed by atoms with van der Waals surface area (Å²) in [4.78, 5) is 25.6. The van der Waals surface area contributed by atoms with Crippen molar-refractivity contribution < 1.29 is 23.8 Å². The molecule has 3 unspecified atom stereocenters. The van der Waals surface area contributed by atoms with E-state index in [1.165, 1.54) is 7.11 Å². The molecule has 1 amide bonds. The number of esters is 1. The van der Waals surface area contributed by atoms with Crippen LogP contribution in [0.15, 0.2) is 18.2 Å². The third-order valence-electron chi connectivity index (χ3n) is 5.39. The van der Waals surface area contributed by atoms with Crippen LogP contribution >= 0.6 is 0 Å². The Morgan fingerprint density at radius 3 is 2.92 bits per heavy atom. The van der Waals surface area contributed by atoms with Gasteiger partial charge in [0.15, 0.2) is 11.5 Å². The fourth-order valence-corrected chi connectivity index (χ4v) is 3.94. The Kier molecular flexibility index (Phi) is 4.69. The lowest BCUT2D eigenvalue weighted by Gasteiger charge is -2.36. The lowest BCUT2D eigenvalue weighted by atomic mass is 9.85. The number of benzene rings is 1. The Labute approximate surface area is 151 Å². The fraction of sp³-hybridized carbons (Fsp3) is 0.556. The van der Waals surface area contributed by atoms with Gasteiger partial charge in [0.1, 0.15) is 0 Å². The smallest absolute Gasteiger partial charge is 0.306 e. The van der Waals surface area contributed by atoms with Crippen LogP contribution in [0.4, 0.5) is 0 Å². The zero-order valence-corrected chi connectivity index (χ0v) is 14.7. The Morgan fingerprint density at radius 2 is 2.08 bits per heavy atom. The highest BCUT2D eigenvalue weighted by Crippen LogP contribution is 2.39. The number of likely N-dealkylation sites (tertiary alicyclic amines) is 1. The molecule has 26 heavy (non-hydrogen) atoms. The van der Waals surface area contributed by atoms with Gasteiger partial charge in [-0.15, -0.1) is 0 Å². The molecule has 8 heteroatoms. The number of hydrogen-bond donors (Lipinski definition) is 2. The first-order valence-electron chi connectivity index (χ1n) is 8.91. The average Bonchev–Trinajstić information content (AvgIpc) is 3.30. The highest BCUT2D eigenvalue weighted by atomic mass is 16.7. The van der Waals surface area contributed by atoms with Gasteiger partial charge in [-0.2, -0.15) is 0 Å². The van der Waals surface area contributed by atoms with Crippen LogP contribution in [-0.4, -0.2) is 49.8 Å². The Balaban J connectivity index is 1.43. The number of amides is 1. The van der Waals surface area contributed by atoms with E-state index in [0.717, 1.165) is 23.5 Å². The van der Waals surface area contributed by atoms with Crippen LogP contribution < -0.4 is 20.3 Å². The van der Waals surface area contributed by atoms with Gasteiger partial charge in [-0.05, 0) is 24.1 Å². The van der Waals surface area contributed by atoms with Gasteiger partial charge in [-0.1, -0.05) is 6.07 Å². The molecule has 3 heterocycles. The highest BCUT2D eigenvalue weighted by molar-refractivity contribution is 5.81. The minimum Gasteiger partial charge on any atom is -0.469 e. The third kappa shape index (κ3) is 3.22. The Bertz CT molecular complexity index is 710. The monoisotopic (exact) mass is 361 g/mol. The molecule has 3 aliphatic rings. The molecular weight excluding hydrogens is 338 g/mol. The molecule has 4 rings (SSSR count). The summed E-state index contributed by atoms with van der Waals surface area (Å²) in [5, 5.41) is 0. The van der Waals surface area contributed by atoms with E-state index in [1.54, 1.807) is 0 Å². The van der Waals surface area contributed by atoms with Crippen molar-refractivity contribution in [1.82, 2.24) is 15.8 Å². The average molecular weight is 361 g/mol. The topological polar surface area (TPSA) is 89.1 Å². The summed E-state index contributed by atoms with van der Waals surface area (Å²) < 4.78 is 15.5. The van der Waals surface area contributed by atoms with Crippen molar-refractivity contribution in [3.63, 3.8) is 0 Å². The number of carbonyl (C=O) groups excluding carboxylic acids is 2. The molecule has 2 N–H and O–H groups in total. The molecule has 0 aliphatic carbocycles. The normalized spacial score (nSPS) is 26.5. The lowest BCUT2D eigenvalue weighted by Crippen LogP contribution is -2.47. The molecule has 1 aromatic rings. The summed E-state index contributed by atoms with van der Waals surface area (Å²) >= 11 is 0. The van der Waals surface area contributed by atoms with Gasteiger partial charge in [0.05, 0.1) is 19.6 Å². The molecule has 0 saturated carbocycles. The van der Waals surface area contributed by atoms with E-state index in [-0.39, 0.29) is 43.5 Å². The maximum atomic E-state index is 12.4. The molecule has 0 bridgehead atoms. The molecule has 2 saturated heterocycles. The van der Waals surface area contributed by atoms with Gasteiger partial charge in [0.25, 0.3) is 0 Å². The third-order valence-corrected chi connectivity index (χ3v) is 5.39. The predicted molar refractivity (Wildman–Crippen MR) is 91.3 cm³/mol. The molecule has 2 fully saturated rings. The maximum Gasteiger partial charge on any atom is 0.306 e. The molecule has 0 radical (unpaired) electrons. The predicted octanol–water partition coefficient (Wildman–Crippen LogP) is 0.734. The minimum absolute atomic E-state index is 0.00480. The number of methoxy groups -OCH3 is 1. The van der Waals surface area contributed by atoms with Crippen molar-refractivity contribution in [2.24, 2.45) is 5.92 Å². The summed E-state index contributed by atoms with van der Waals surface area (Å²) in [5.41, 5.74) is 7.84. The molecule has 140 valence electrons. The number of ether oxygens (including phenoxy) is 3. The van der Waals surface area contributed by atoms with E-state index in [9.17, 15) is 9.59 Å². The first kappa shape index (κ1) is 17.1. The molecule has 3 atom stereocenters. The van der Waals surface area contributed by atoms with Crippen LogP contribution in [0.5, 0.6) is 11.5 Å². The maximum absolute atomic E-state index is 12.4. The number of nitrogens with zero attached hydrogens (tertiary/aromatic N) is 1. The fourth-order valence-electron chi connectivity index (χ4n) is 3.94. The lowest BCUT2D eigenvalue weighted by molar-refractivity contribution is -0.144.